The average molecular weight is 267 g/mol. The van der Waals surface area contributed by atoms with Crippen LogP contribution in [0, 0.1) is 6.92 Å². The summed E-state index contributed by atoms with van der Waals surface area (Å²) in [6.45, 7) is 7.70. The number of hydrogen-bond acceptors (Lipinski definition) is 2. The SMILES string of the molecule is Cc1ccc(C(=O)N2CCNC(C)C2C)cc1Cl. The lowest BCUT2D eigenvalue weighted by molar-refractivity contribution is 0.0603. The number of carbonyl (C=O) groups excluding carboxylic acids is 1. The highest BCUT2D eigenvalue weighted by Crippen LogP contribution is 2.20. The minimum atomic E-state index is 0.0674. The lowest BCUT2D eigenvalue weighted by Gasteiger charge is -2.38. The van der Waals surface area contributed by atoms with Crippen molar-refractivity contribution in [2.24, 2.45) is 0 Å². The van der Waals surface area contributed by atoms with Crippen LogP contribution in [0.2, 0.25) is 5.02 Å². The zero-order valence-electron chi connectivity index (χ0n) is 11.0. The lowest BCUT2D eigenvalue weighted by Crippen LogP contribution is -2.57. The van der Waals surface area contributed by atoms with Gasteiger partial charge in [0, 0.05) is 35.8 Å². The van der Waals surface area contributed by atoms with Gasteiger partial charge in [-0.15, -0.1) is 0 Å². The van der Waals surface area contributed by atoms with Crippen molar-refractivity contribution >= 4 is 17.5 Å². The molecule has 0 aromatic heterocycles. The summed E-state index contributed by atoms with van der Waals surface area (Å²) in [5.41, 5.74) is 1.67. The summed E-state index contributed by atoms with van der Waals surface area (Å²) >= 11 is 6.08. The molecule has 1 heterocycles. The molecule has 0 saturated carbocycles. The van der Waals surface area contributed by atoms with Crippen LogP contribution >= 0.6 is 11.6 Å². The van der Waals surface area contributed by atoms with E-state index < -0.39 is 0 Å². The number of nitrogens with one attached hydrogen (secondary N) is 1. The molecule has 1 saturated heterocycles. The predicted molar refractivity (Wildman–Crippen MR) is 74.2 cm³/mol. The Morgan fingerprint density at radius 1 is 1.44 bits per heavy atom. The van der Waals surface area contributed by atoms with Crippen molar-refractivity contribution in [1.29, 1.82) is 0 Å². The van der Waals surface area contributed by atoms with Crippen molar-refractivity contribution in [2.75, 3.05) is 13.1 Å². The highest BCUT2D eigenvalue weighted by atomic mass is 35.5. The summed E-state index contributed by atoms with van der Waals surface area (Å²) in [6, 6.07) is 6.03. The predicted octanol–water partition coefficient (Wildman–Crippen LogP) is 2.47. The van der Waals surface area contributed by atoms with Gasteiger partial charge >= 0.3 is 0 Å². The molecule has 18 heavy (non-hydrogen) atoms. The minimum Gasteiger partial charge on any atom is -0.333 e. The second-order valence-corrected chi connectivity index (χ2v) is 5.35. The highest BCUT2D eigenvalue weighted by Gasteiger charge is 2.28. The maximum absolute atomic E-state index is 12.5. The smallest absolute Gasteiger partial charge is 0.254 e. The Hall–Kier alpha value is -1.06. The average Bonchev–Trinajstić information content (AvgIpc) is 2.35. The number of hydrogen-bond donors (Lipinski definition) is 1. The number of amides is 1. The molecule has 4 heteroatoms. The van der Waals surface area contributed by atoms with Gasteiger partial charge in [0.15, 0.2) is 0 Å². The van der Waals surface area contributed by atoms with E-state index >= 15 is 0 Å². The third-order valence-corrected chi connectivity index (χ3v) is 4.12. The molecule has 98 valence electrons. The fourth-order valence-corrected chi connectivity index (χ4v) is 2.42. The fourth-order valence-electron chi connectivity index (χ4n) is 2.23. The van der Waals surface area contributed by atoms with Crippen molar-refractivity contribution in [2.45, 2.75) is 32.9 Å². The number of benzene rings is 1. The Balaban J connectivity index is 2.22. The molecular weight excluding hydrogens is 248 g/mol. The Morgan fingerprint density at radius 2 is 2.17 bits per heavy atom. The van der Waals surface area contributed by atoms with E-state index in [1.165, 1.54) is 0 Å². The van der Waals surface area contributed by atoms with E-state index in [-0.39, 0.29) is 11.9 Å². The Bertz CT molecular complexity index is 461. The van der Waals surface area contributed by atoms with Gasteiger partial charge in [0.25, 0.3) is 5.91 Å². The van der Waals surface area contributed by atoms with E-state index in [0.717, 1.165) is 18.7 Å². The zero-order chi connectivity index (χ0) is 13.3. The molecule has 1 N–H and O–H groups in total. The maximum atomic E-state index is 12.5. The van der Waals surface area contributed by atoms with E-state index in [9.17, 15) is 4.79 Å². The standard InChI is InChI=1S/C14H19ClN2O/c1-9-4-5-12(8-13(9)15)14(18)17-7-6-16-10(2)11(17)3/h4-5,8,10-11,16H,6-7H2,1-3H3. The Kier molecular flexibility index (Phi) is 3.93. The van der Waals surface area contributed by atoms with Gasteiger partial charge in [-0.2, -0.15) is 0 Å². The first-order chi connectivity index (χ1) is 8.50. The summed E-state index contributed by atoms with van der Waals surface area (Å²) in [5, 5.41) is 4.02. The molecule has 1 aliphatic rings. The van der Waals surface area contributed by atoms with Crippen molar-refractivity contribution < 1.29 is 4.79 Å². The molecule has 0 bridgehead atoms. The van der Waals surface area contributed by atoms with Crippen LogP contribution in [0.3, 0.4) is 0 Å². The zero-order valence-corrected chi connectivity index (χ0v) is 11.8. The van der Waals surface area contributed by atoms with Gasteiger partial charge in [0.05, 0.1) is 0 Å². The minimum absolute atomic E-state index is 0.0674. The third kappa shape index (κ3) is 2.52. The first-order valence-corrected chi connectivity index (χ1v) is 6.69. The molecule has 3 nitrogen and oxygen atoms in total. The number of piperazine rings is 1. The molecular formula is C14H19ClN2O. The normalized spacial score (nSPS) is 24.1. The molecule has 2 rings (SSSR count). The Morgan fingerprint density at radius 3 is 2.83 bits per heavy atom. The van der Waals surface area contributed by atoms with Gasteiger partial charge in [-0.25, -0.2) is 0 Å². The van der Waals surface area contributed by atoms with Crippen LogP contribution in [-0.4, -0.2) is 36.0 Å². The number of halogens is 1. The summed E-state index contributed by atoms with van der Waals surface area (Å²) < 4.78 is 0. The molecule has 1 amide bonds. The Labute approximate surface area is 113 Å². The number of carbonyl (C=O) groups is 1. The molecule has 0 aliphatic carbocycles. The van der Waals surface area contributed by atoms with E-state index in [2.05, 4.69) is 19.2 Å². The topological polar surface area (TPSA) is 32.3 Å². The monoisotopic (exact) mass is 266 g/mol. The first kappa shape index (κ1) is 13.4. The van der Waals surface area contributed by atoms with Gasteiger partial charge < -0.3 is 10.2 Å². The van der Waals surface area contributed by atoms with Crippen LogP contribution in [0.5, 0.6) is 0 Å². The summed E-state index contributed by atoms with van der Waals surface area (Å²) in [5.74, 6) is 0.0674. The van der Waals surface area contributed by atoms with Gasteiger partial charge in [0.2, 0.25) is 0 Å². The van der Waals surface area contributed by atoms with Crippen molar-refractivity contribution in [3.05, 3.63) is 34.3 Å². The number of nitrogens with zero attached hydrogens (tertiary/aromatic N) is 1. The molecule has 1 aromatic rings. The number of rotatable bonds is 1. The van der Waals surface area contributed by atoms with E-state index in [4.69, 9.17) is 11.6 Å². The largest absolute Gasteiger partial charge is 0.333 e. The molecule has 2 atom stereocenters. The van der Waals surface area contributed by atoms with Crippen LogP contribution < -0.4 is 5.32 Å². The van der Waals surface area contributed by atoms with Crippen LogP contribution in [0.25, 0.3) is 0 Å². The molecule has 1 aliphatic heterocycles. The van der Waals surface area contributed by atoms with Gasteiger partial charge in [-0.05, 0) is 38.5 Å². The van der Waals surface area contributed by atoms with E-state index in [0.29, 0.717) is 16.6 Å². The highest BCUT2D eigenvalue weighted by molar-refractivity contribution is 6.31. The van der Waals surface area contributed by atoms with Gasteiger partial charge in [-0.3, -0.25) is 4.79 Å². The molecule has 1 aromatic carbocycles. The fraction of sp³-hybridized carbons (Fsp3) is 0.500. The van der Waals surface area contributed by atoms with Gasteiger partial charge in [-0.1, -0.05) is 17.7 Å². The second-order valence-electron chi connectivity index (χ2n) is 4.95. The van der Waals surface area contributed by atoms with Crippen LogP contribution in [0.15, 0.2) is 18.2 Å². The number of aryl methyl sites for hydroxylation is 1. The summed E-state index contributed by atoms with van der Waals surface area (Å²) in [7, 11) is 0. The van der Waals surface area contributed by atoms with Crippen LogP contribution in [0.4, 0.5) is 0 Å². The molecule has 0 spiro atoms. The lowest BCUT2D eigenvalue weighted by atomic mass is 10.0. The van der Waals surface area contributed by atoms with E-state index in [1.54, 1.807) is 6.07 Å². The third-order valence-electron chi connectivity index (χ3n) is 3.71. The van der Waals surface area contributed by atoms with Crippen LogP contribution in [0.1, 0.15) is 29.8 Å². The van der Waals surface area contributed by atoms with Gasteiger partial charge in [0.1, 0.15) is 0 Å². The first-order valence-electron chi connectivity index (χ1n) is 6.31. The maximum Gasteiger partial charge on any atom is 0.254 e. The van der Waals surface area contributed by atoms with E-state index in [1.807, 2.05) is 24.0 Å². The molecule has 2 unspecified atom stereocenters. The van der Waals surface area contributed by atoms with Crippen LogP contribution in [-0.2, 0) is 0 Å². The van der Waals surface area contributed by atoms with Crippen molar-refractivity contribution in [3.63, 3.8) is 0 Å². The van der Waals surface area contributed by atoms with Crippen molar-refractivity contribution in [1.82, 2.24) is 10.2 Å². The quantitative estimate of drug-likeness (QED) is 0.847. The summed E-state index contributed by atoms with van der Waals surface area (Å²) in [6.07, 6.45) is 0. The van der Waals surface area contributed by atoms with Crippen molar-refractivity contribution in [3.8, 4) is 0 Å². The molecule has 0 radical (unpaired) electrons. The molecule has 1 fully saturated rings. The summed E-state index contributed by atoms with van der Waals surface area (Å²) in [4.78, 5) is 14.4. The second kappa shape index (κ2) is 5.29.